The number of nitrogens with one attached hydrogen (secondary N) is 1. The molecule has 2 aromatic rings. The van der Waals surface area contributed by atoms with Crippen LogP contribution in [0.3, 0.4) is 0 Å². The van der Waals surface area contributed by atoms with Gasteiger partial charge in [-0.15, -0.1) is 0 Å². The molecule has 0 saturated carbocycles. The van der Waals surface area contributed by atoms with Crippen LogP contribution in [0.5, 0.6) is 0 Å². The number of sulfonamides is 1. The summed E-state index contributed by atoms with van der Waals surface area (Å²) < 4.78 is 40.0. The first-order valence-corrected chi connectivity index (χ1v) is 7.82. The first-order valence-electron chi connectivity index (χ1n) is 6.33. The molecule has 0 aliphatic rings. The summed E-state index contributed by atoms with van der Waals surface area (Å²) in [4.78, 5) is 11.0. The summed E-state index contributed by atoms with van der Waals surface area (Å²) in [6.07, 6.45) is 0. The third-order valence-electron chi connectivity index (χ3n) is 3.05. The summed E-state index contributed by atoms with van der Waals surface area (Å²) >= 11 is 0. The number of benzene rings is 2. The van der Waals surface area contributed by atoms with E-state index in [0.717, 1.165) is 12.1 Å². The fourth-order valence-corrected chi connectivity index (χ4v) is 3.28. The van der Waals surface area contributed by atoms with Crippen LogP contribution in [0.2, 0.25) is 0 Å². The number of hydrogen-bond acceptors (Lipinski definition) is 3. The van der Waals surface area contributed by atoms with Gasteiger partial charge in [0.15, 0.2) is 0 Å². The smallest absolute Gasteiger partial charge is 0.337 e. The number of carboxylic acids is 1. The number of aromatic carboxylic acids is 1. The Bertz CT molecular complexity index is 847. The van der Waals surface area contributed by atoms with Gasteiger partial charge in [-0.25, -0.2) is 17.6 Å². The van der Waals surface area contributed by atoms with Gasteiger partial charge in [-0.3, -0.25) is 4.72 Å². The van der Waals surface area contributed by atoms with Gasteiger partial charge in [0.25, 0.3) is 10.0 Å². The van der Waals surface area contributed by atoms with Gasteiger partial charge in [-0.2, -0.15) is 0 Å². The van der Waals surface area contributed by atoms with Crippen LogP contribution in [0.1, 0.15) is 21.5 Å². The number of aryl methyl sites for hydroxylation is 2. The third-order valence-corrected chi connectivity index (χ3v) is 4.40. The first-order chi connectivity index (χ1) is 10.2. The van der Waals surface area contributed by atoms with E-state index in [1.165, 1.54) is 18.2 Å². The zero-order valence-electron chi connectivity index (χ0n) is 11.9. The predicted octanol–water partition coefficient (Wildman–Crippen LogP) is 2.94. The van der Waals surface area contributed by atoms with Crippen molar-refractivity contribution < 1.29 is 22.7 Å². The molecule has 0 bridgehead atoms. The monoisotopic (exact) mass is 323 g/mol. The second kappa shape index (κ2) is 5.76. The molecule has 0 aliphatic carbocycles. The maximum absolute atomic E-state index is 13.2. The zero-order chi connectivity index (χ0) is 16.5. The molecule has 0 radical (unpaired) electrons. The van der Waals surface area contributed by atoms with Crippen molar-refractivity contribution in [2.45, 2.75) is 18.7 Å². The van der Waals surface area contributed by atoms with Crippen molar-refractivity contribution in [1.29, 1.82) is 0 Å². The van der Waals surface area contributed by atoms with Crippen LogP contribution in [-0.4, -0.2) is 19.5 Å². The van der Waals surface area contributed by atoms with Crippen LogP contribution >= 0.6 is 0 Å². The fourth-order valence-electron chi connectivity index (χ4n) is 2.10. The topological polar surface area (TPSA) is 83.5 Å². The Morgan fingerprint density at radius 2 is 1.86 bits per heavy atom. The van der Waals surface area contributed by atoms with Gasteiger partial charge in [0, 0.05) is 0 Å². The summed E-state index contributed by atoms with van der Waals surface area (Å²) in [6.45, 7) is 3.31. The molecule has 0 saturated heterocycles. The minimum Gasteiger partial charge on any atom is -0.478 e. The van der Waals surface area contributed by atoms with Crippen LogP contribution in [0.15, 0.2) is 41.3 Å². The molecule has 22 heavy (non-hydrogen) atoms. The van der Waals surface area contributed by atoms with Crippen molar-refractivity contribution in [3.63, 3.8) is 0 Å². The quantitative estimate of drug-likeness (QED) is 0.906. The second-order valence-corrected chi connectivity index (χ2v) is 6.55. The average Bonchev–Trinajstić information content (AvgIpc) is 2.41. The Kier molecular flexibility index (Phi) is 4.18. The van der Waals surface area contributed by atoms with Crippen LogP contribution in [-0.2, 0) is 10.0 Å². The molecule has 0 aromatic heterocycles. The van der Waals surface area contributed by atoms with Crippen molar-refractivity contribution in [2.24, 2.45) is 0 Å². The molecular formula is C15H14FNO4S. The van der Waals surface area contributed by atoms with Gasteiger partial charge in [0.2, 0.25) is 0 Å². The van der Waals surface area contributed by atoms with E-state index in [1.807, 2.05) is 0 Å². The summed E-state index contributed by atoms with van der Waals surface area (Å²) in [7, 11) is -4.08. The Hall–Kier alpha value is -2.41. The Morgan fingerprint density at radius 3 is 2.45 bits per heavy atom. The molecule has 2 rings (SSSR count). The molecule has 7 heteroatoms. The van der Waals surface area contributed by atoms with Gasteiger partial charge < -0.3 is 5.11 Å². The molecule has 0 amide bonds. The molecule has 2 aromatic carbocycles. The predicted molar refractivity (Wildman–Crippen MR) is 80.1 cm³/mol. The SMILES string of the molecule is Cc1cc(C)c(NS(=O)(=O)c2cccc(F)c2)c(C(=O)O)c1. The van der Waals surface area contributed by atoms with Crippen molar-refractivity contribution in [1.82, 2.24) is 0 Å². The maximum atomic E-state index is 13.2. The molecule has 0 spiro atoms. The Labute approximate surface area is 127 Å². The summed E-state index contributed by atoms with van der Waals surface area (Å²) in [5.74, 6) is -1.94. The van der Waals surface area contributed by atoms with Gasteiger partial charge in [0.1, 0.15) is 5.82 Å². The molecule has 116 valence electrons. The van der Waals surface area contributed by atoms with Crippen molar-refractivity contribution in [2.75, 3.05) is 4.72 Å². The molecule has 2 N–H and O–H groups in total. The first kappa shape index (κ1) is 16.0. The van der Waals surface area contributed by atoms with Gasteiger partial charge in [-0.05, 0) is 49.2 Å². The number of halogens is 1. The number of rotatable bonds is 4. The normalized spacial score (nSPS) is 11.2. The van der Waals surface area contributed by atoms with Crippen molar-refractivity contribution >= 4 is 21.7 Å². The van der Waals surface area contributed by atoms with E-state index < -0.39 is 21.8 Å². The highest BCUT2D eigenvalue weighted by molar-refractivity contribution is 7.92. The lowest BCUT2D eigenvalue weighted by Gasteiger charge is -2.14. The lowest BCUT2D eigenvalue weighted by Crippen LogP contribution is -2.17. The number of hydrogen-bond donors (Lipinski definition) is 2. The van der Waals surface area contributed by atoms with Crippen molar-refractivity contribution in [3.05, 3.63) is 58.9 Å². The second-order valence-electron chi connectivity index (χ2n) is 4.87. The van der Waals surface area contributed by atoms with Crippen LogP contribution in [0.4, 0.5) is 10.1 Å². The van der Waals surface area contributed by atoms with E-state index in [2.05, 4.69) is 4.72 Å². The molecule has 0 aliphatic heterocycles. The minimum atomic E-state index is -4.08. The highest BCUT2D eigenvalue weighted by Gasteiger charge is 2.21. The number of anilines is 1. The zero-order valence-corrected chi connectivity index (χ0v) is 12.7. The van der Waals surface area contributed by atoms with E-state index in [0.29, 0.717) is 11.1 Å². The molecule has 0 unspecified atom stereocenters. The van der Waals surface area contributed by atoms with E-state index in [9.17, 15) is 22.7 Å². The number of carboxylic acid groups (broad SMARTS) is 1. The third kappa shape index (κ3) is 3.25. The van der Waals surface area contributed by atoms with Gasteiger partial charge >= 0.3 is 5.97 Å². The standard InChI is InChI=1S/C15H14FNO4S/c1-9-6-10(2)14(13(7-9)15(18)19)17-22(20,21)12-5-3-4-11(16)8-12/h3-8,17H,1-2H3,(H,18,19). The van der Waals surface area contributed by atoms with E-state index in [-0.39, 0.29) is 16.1 Å². The molecule has 0 heterocycles. The molecule has 5 nitrogen and oxygen atoms in total. The van der Waals surface area contributed by atoms with Crippen LogP contribution < -0.4 is 4.72 Å². The van der Waals surface area contributed by atoms with Crippen LogP contribution in [0, 0.1) is 19.7 Å². The minimum absolute atomic E-state index is 0.0256. The molecular weight excluding hydrogens is 309 g/mol. The lowest BCUT2D eigenvalue weighted by atomic mass is 10.0. The lowest BCUT2D eigenvalue weighted by molar-refractivity contribution is 0.0698. The average molecular weight is 323 g/mol. The van der Waals surface area contributed by atoms with Crippen molar-refractivity contribution in [3.8, 4) is 0 Å². The van der Waals surface area contributed by atoms with E-state index >= 15 is 0 Å². The van der Waals surface area contributed by atoms with Gasteiger partial charge in [-0.1, -0.05) is 12.1 Å². The summed E-state index contributed by atoms with van der Waals surface area (Å²) in [5.41, 5.74) is 0.987. The Balaban J connectivity index is 2.53. The van der Waals surface area contributed by atoms with E-state index in [1.54, 1.807) is 19.9 Å². The highest BCUT2D eigenvalue weighted by atomic mass is 32.2. The Morgan fingerprint density at radius 1 is 1.18 bits per heavy atom. The van der Waals surface area contributed by atoms with E-state index in [4.69, 9.17) is 0 Å². The summed E-state index contributed by atoms with van der Waals surface area (Å²) in [5, 5.41) is 9.23. The summed E-state index contributed by atoms with van der Waals surface area (Å²) in [6, 6.07) is 7.53. The maximum Gasteiger partial charge on any atom is 0.337 e. The highest BCUT2D eigenvalue weighted by Crippen LogP contribution is 2.26. The number of carbonyl (C=O) groups is 1. The molecule has 0 atom stereocenters. The largest absolute Gasteiger partial charge is 0.478 e. The van der Waals surface area contributed by atoms with Gasteiger partial charge in [0.05, 0.1) is 16.1 Å². The molecule has 0 fully saturated rings. The fraction of sp³-hybridized carbons (Fsp3) is 0.133. The van der Waals surface area contributed by atoms with Crippen LogP contribution in [0.25, 0.3) is 0 Å².